The molecule has 0 saturated heterocycles. The van der Waals surface area contributed by atoms with Crippen LogP contribution in [-0.4, -0.2) is 23.7 Å². The molecule has 2 aromatic carbocycles. The number of hydrogen-bond donors (Lipinski definition) is 1. The molecule has 1 aromatic heterocycles. The Morgan fingerprint density at radius 3 is 2.83 bits per heavy atom. The highest BCUT2D eigenvalue weighted by molar-refractivity contribution is 9.10. The van der Waals surface area contributed by atoms with Gasteiger partial charge in [-0.1, -0.05) is 22.0 Å². The van der Waals surface area contributed by atoms with Gasteiger partial charge in [-0.2, -0.15) is 5.26 Å². The standard InChI is InChI=1S/C22H20BrN3O3/c1-14(15-3-6-20-21(9-15)29-8-2-7-28-20)25-22(27)13-26-12-16(11-24)18-10-17(23)4-5-19(18)26/h3-6,9-10,12,14H,2,7-8,13H2,1H3,(H,25,27). The summed E-state index contributed by atoms with van der Waals surface area (Å²) in [5.41, 5.74) is 2.34. The van der Waals surface area contributed by atoms with Crippen LogP contribution in [0.15, 0.2) is 47.1 Å². The van der Waals surface area contributed by atoms with Crippen molar-refractivity contribution in [3.63, 3.8) is 0 Å². The van der Waals surface area contributed by atoms with Crippen molar-refractivity contribution in [3.8, 4) is 17.6 Å². The normalized spacial score (nSPS) is 14.1. The number of rotatable bonds is 4. The van der Waals surface area contributed by atoms with Crippen LogP contribution in [0.25, 0.3) is 10.9 Å². The van der Waals surface area contributed by atoms with Crippen LogP contribution in [0, 0.1) is 11.3 Å². The number of nitrogens with one attached hydrogen (secondary N) is 1. The van der Waals surface area contributed by atoms with Gasteiger partial charge in [0.1, 0.15) is 12.6 Å². The highest BCUT2D eigenvalue weighted by Gasteiger charge is 2.17. The van der Waals surface area contributed by atoms with E-state index in [9.17, 15) is 10.1 Å². The van der Waals surface area contributed by atoms with E-state index in [0.717, 1.165) is 33.1 Å². The van der Waals surface area contributed by atoms with Gasteiger partial charge in [0.25, 0.3) is 0 Å². The molecule has 1 unspecified atom stereocenters. The first-order valence-corrected chi connectivity index (χ1v) is 10.2. The Bertz CT molecular complexity index is 1120. The van der Waals surface area contributed by atoms with Crippen LogP contribution in [0.5, 0.6) is 11.5 Å². The number of nitrogens with zero attached hydrogens (tertiary/aromatic N) is 2. The molecule has 4 rings (SSSR count). The largest absolute Gasteiger partial charge is 0.490 e. The fraction of sp³-hybridized carbons (Fsp3) is 0.273. The molecule has 148 valence electrons. The van der Waals surface area contributed by atoms with Gasteiger partial charge in [0, 0.05) is 28.0 Å². The number of amides is 1. The number of hydrogen-bond acceptors (Lipinski definition) is 4. The third-order valence-corrected chi connectivity index (χ3v) is 5.42. The number of benzene rings is 2. The molecule has 0 saturated carbocycles. The Morgan fingerprint density at radius 2 is 2.03 bits per heavy atom. The minimum Gasteiger partial charge on any atom is -0.490 e. The Balaban J connectivity index is 1.50. The summed E-state index contributed by atoms with van der Waals surface area (Å²) in [5.74, 6) is 1.31. The first-order valence-electron chi connectivity index (χ1n) is 9.42. The smallest absolute Gasteiger partial charge is 0.240 e. The van der Waals surface area contributed by atoms with Crippen molar-refractivity contribution >= 4 is 32.7 Å². The van der Waals surface area contributed by atoms with Crippen LogP contribution in [-0.2, 0) is 11.3 Å². The summed E-state index contributed by atoms with van der Waals surface area (Å²) < 4.78 is 14.1. The van der Waals surface area contributed by atoms with Crippen molar-refractivity contribution in [2.24, 2.45) is 0 Å². The van der Waals surface area contributed by atoms with E-state index in [1.165, 1.54) is 0 Å². The van der Waals surface area contributed by atoms with E-state index in [1.54, 1.807) is 10.8 Å². The van der Waals surface area contributed by atoms with Gasteiger partial charge in [-0.15, -0.1) is 0 Å². The molecule has 2 heterocycles. The van der Waals surface area contributed by atoms with Crippen LogP contribution in [0.3, 0.4) is 0 Å². The molecular formula is C22H20BrN3O3. The van der Waals surface area contributed by atoms with Crippen LogP contribution >= 0.6 is 15.9 Å². The van der Waals surface area contributed by atoms with E-state index in [2.05, 4.69) is 27.3 Å². The first-order chi connectivity index (χ1) is 14.0. The SMILES string of the molecule is CC(NC(=O)Cn1cc(C#N)c2cc(Br)ccc21)c1ccc2c(c1)OCCCO2. The van der Waals surface area contributed by atoms with E-state index < -0.39 is 0 Å². The average molecular weight is 454 g/mol. The van der Waals surface area contributed by atoms with Gasteiger partial charge in [0.15, 0.2) is 11.5 Å². The summed E-state index contributed by atoms with van der Waals surface area (Å²) in [5, 5.41) is 13.2. The molecule has 6 nitrogen and oxygen atoms in total. The van der Waals surface area contributed by atoms with Crippen LogP contribution in [0.2, 0.25) is 0 Å². The number of carbonyl (C=O) groups is 1. The molecule has 29 heavy (non-hydrogen) atoms. The molecule has 0 bridgehead atoms. The molecule has 0 radical (unpaired) electrons. The second kappa shape index (κ2) is 8.18. The van der Waals surface area contributed by atoms with Gasteiger partial charge in [-0.25, -0.2) is 0 Å². The quantitative estimate of drug-likeness (QED) is 0.638. The molecule has 1 aliphatic rings. The lowest BCUT2D eigenvalue weighted by Gasteiger charge is -2.17. The maximum atomic E-state index is 12.7. The second-order valence-electron chi connectivity index (χ2n) is 6.99. The van der Waals surface area contributed by atoms with E-state index in [4.69, 9.17) is 9.47 Å². The fourth-order valence-electron chi connectivity index (χ4n) is 3.46. The van der Waals surface area contributed by atoms with Crippen molar-refractivity contribution in [2.45, 2.75) is 25.9 Å². The molecule has 1 atom stereocenters. The molecule has 1 amide bonds. The lowest BCUT2D eigenvalue weighted by molar-refractivity contribution is -0.122. The predicted molar refractivity (Wildman–Crippen MR) is 113 cm³/mol. The Kier molecular flexibility index (Phi) is 5.45. The van der Waals surface area contributed by atoms with Crippen molar-refractivity contribution in [3.05, 3.63) is 58.2 Å². The van der Waals surface area contributed by atoms with E-state index in [1.807, 2.05) is 43.3 Å². The number of aromatic nitrogens is 1. The summed E-state index contributed by atoms with van der Waals surface area (Å²) in [6.45, 7) is 3.33. The van der Waals surface area contributed by atoms with Gasteiger partial charge in [0.05, 0.1) is 24.8 Å². The molecule has 1 N–H and O–H groups in total. The molecule has 7 heteroatoms. The molecular weight excluding hydrogens is 434 g/mol. The molecule has 1 aliphatic heterocycles. The van der Waals surface area contributed by atoms with Gasteiger partial charge < -0.3 is 19.4 Å². The lowest BCUT2D eigenvalue weighted by Crippen LogP contribution is -2.29. The van der Waals surface area contributed by atoms with E-state index in [0.29, 0.717) is 24.5 Å². The van der Waals surface area contributed by atoms with Crippen molar-refractivity contribution in [2.75, 3.05) is 13.2 Å². The molecule has 0 aliphatic carbocycles. The third-order valence-electron chi connectivity index (χ3n) is 4.93. The second-order valence-corrected chi connectivity index (χ2v) is 7.91. The molecule has 0 spiro atoms. The average Bonchev–Trinajstić information content (AvgIpc) is 2.88. The van der Waals surface area contributed by atoms with Crippen LogP contribution in [0.1, 0.15) is 30.5 Å². The highest BCUT2D eigenvalue weighted by Crippen LogP contribution is 2.32. The number of nitriles is 1. The minimum absolute atomic E-state index is 0.131. The predicted octanol–water partition coefficient (Wildman–Crippen LogP) is 4.31. The highest BCUT2D eigenvalue weighted by atomic mass is 79.9. The zero-order valence-electron chi connectivity index (χ0n) is 15.9. The lowest BCUT2D eigenvalue weighted by atomic mass is 10.1. The third kappa shape index (κ3) is 4.08. The van der Waals surface area contributed by atoms with E-state index >= 15 is 0 Å². The Hall–Kier alpha value is -2.98. The number of halogens is 1. The maximum absolute atomic E-state index is 12.7. The topological polar surface area (TPSA) is 76.3 Å². The fourth-order valence-corrected chi connectivity index (χ4v) is 3.82. The van der Waals surface area contributed by atoms with Crippen molar-refractivity contribution < 1.29 is 14.3 Å². The summed E-state index contributed by atoms with van der Waals surface area (Å²) >= 11 is 3.43. The Labute approximate surface area is 177 Å². The number of ether oxygens (including phenoxy) is 2. The van der Waals surface area contributed by atoms with Gasteiger partial charge in [-0.3, -0.25) is 4.79 Å². The van der Waals surface area contributed by atoms with E-state index in [-0.39, 0.29) is 18.5 Å². The van der Waals surface area contributed by atoms with Crippen molar-refractivity contribution in [1.82, 2.24) is 9.88 Å². The van der Waals surface area contributed by atoms with Crippen LogP contribution < -0.4 is 14.8 Å². The number of fused-ring (bicyclic) bond motifs is 2. The molecule has 0 fully saturated rings. The zero-order valence-corrected chi connectivity index (χ0v) is 17.5. The van der Waals surface area contributed by atoms with Gasteiger partial charge in [-0.05, 0) is 42.8 Å². The van der Waals surface area contributed by atoms with Crippen molar-refractivity contribution in [1.29, 1.82) is 5.26 Å². The van der Waals surface area contributed by atoms with Crippen LogP contribution in [0.4, 0.5) is 0 Å². The summed E-state index contributed by atoms with van der Waals surface area (Å²) in [7, 11) is 0. The summed E-state index contributed by atoms with van der Waals surface area (Å²) in [4.78, 5) is 12.7. The Morgan fingerprint density at radius 1 is 1.24 bits per heavy atom. The van der Waals surface area contributed by atoms with Gasteiger partial charge in [0.2, 0.25) is 5.91 Å². The zero-order chi connectivity index (χ0) is 20.4. The maximum Gasteiger partial charge on any atom is 0.240 e. The monoisotopic (exact) mass is 453 g/mol. The number of carbonyl (C=O) groups excluding carboxylic acids is 1. The first kappa shape index (κ1) is 19.3. The summed E-state index contributed by atoms with van der Waals surface area (Å²) in [6, 6.07) is 13.4. The molecule has 3 aromatic rings. The van der Waals surface area contributed by atoms with Gasteiger partial charge >= 0.3 is 0 Å². The summed E-state index contributed by atoms with van der Waals surface area (Å²) in [6.07, 6.45) is 2.57. The minimum atomic E-state index is -0.189.